The van der Waals surface area contributed by atoms with Gasteiger partial charge in [-0.2, -0.15) is 5.10 Å². The Bertz CT molecular complexity index is 1240. The first-order chi connectivity index (χ1) is 16.9. The van der Waals surface area contributed by atoms with Gasteiger partial charge < -0.3 is 5.32 Å². The molecular weight excluding hydrogens is 416 g/mol. The summed E-state index contributed by atoms with van der Waals surface area (Å²) in [6, 6.07) is 35.8. The Kier molecular flexibility index (Phi) is 6.88. The lowest BCUT2D eigenvalue weighted by Crippen LogP contribution is -2.18. The fourth-order valence-electron chi connectivity index (χ4n) is 4.37. The molecule has 0 saturated heterocycles. The van der Waals surface area contributed by atoms with Gasteiger partial charge in [-0.3, -0.25) is 4.98 Å². The highest BCUT2D eigenvalue weighted by molar-refractivity contribution is 5.62. The van der Waals surface area contributed by atoms with Gasteiger partial charge in [0.15, 0.2) is 0 Å². The smallest absolute Gasteiger partial charge is 0.0973 e. The van der Waals surface area contributed by atoms with Gasteiger partial charge in [0.25, 0.3) is 0 Å². The van der Waals surface area contributed by atoms with Crippen LogP contribution in [0.3, 0.4) is 0 Å². The molecule has 4 heteroatoms. The number of nitrogens with one attached hydrogen (secondary N) is 1. The highest BCUT2D eigenvalue weighted by atomic mass is 15.3. The third kappa shape index (κ3) is 5.13. The van der Waals surface area contributed by atoms with E-state index < -0.39 is 0 Å². The molecule has 0 radical (unpaired) electrons. The van der Waals surface area contributed by atoms with E-state index >= 15 is 0 Å². The van der Waals surface area contributed by atoms with Crippen LogP contribution in [0.4, 0.5) is 0 Å². The molecule has 5 rings (SSSR count). The maximum absolute atomic E-state index is 4.91. The molecule has 34 heavy (non-hydrogen) atoms. The van der Waals surface area contributed by atoms with Crippen LogP contribution in [-0.4, -0.2) is 21.3 Å². The number of benzene rings is 3. The Hall–Kier alpha value is -4.02. The normalized spacial score (nSPS) is 11.1. The van der Waals surface area contributed by atoms with Crippen molar-refractivity contribution in [3.63, 3.8) is 0 Å². The molecule has 2 heterocycles. The van der Waals surface area contributed by atoms with Crippen molar-refractivity contribution in [2.75, 3.05) is 6.54 Å². The van der Waals surface area contributed by atoms with Gasteiger partial charge in [0, 0.05) is 42.2 Å². The monoisotopic (exact) mass is 444 g/mol. The predicted octanol–water partition coefficient (Wildman–Crippen LogP) is 6.25. The maximum atomic E-state index is 4.91. The average Bonchev–Trinajstić information content (AvgIpc) is 3.35. The van der Waals surface area contributed by atoms with Gasteiger partial charge in [0.2, 0.25) is 0 Å². The molecule has 3 aromatic carbocycles. The summed E-state index contributed by atoms with van der Waals surface area (Å²) in [6.45, 7) is 1.65. The van der Waals surface area contributed by atoms with Crippen LogP contribution < -0.4 is 5.32 Å². The topological polar surface area (TPSA) is 42.7 Å². The summed E-state index contributed by atoms with van der Waals surface area (Å²) in [5.74, 6) is 0.363. The van der Waals surface area contributed by atoms with Crippen LogP contribution in [0, 0.1) is 0 Å². The van der Waals surface area contributed by atoms with Gasteiger partial charge in [-0.15, -0.1) is 0 Å². The number of pyridine rings is 1. The van der Waals surface area contributed by atoms with E-state index in [1.807, 2.05) is 47.4 Å². The third-order valence-electron chi connectivity index (χ3n) is 6.09. The minimum atomic E-state index is 0.363. The number of nitrogens with zero attached hydrogens (tertiary/aromatic N) is 3. The highest BCUT2D eigenvalue weighted by Gasteiger charge is 2.15. The van der Waals surface area contributed by atoms with Crippen LogP contribution in [0.2, 0.25) is 0 Å². The molecule has 0 amide bonds. The van der Waals surface area contributed by atoms with Crippen LogP contribution in [0.25, 0.3) is 16.9 Å². The highest BCUT2D eigenvalue weighted by Crippen LogP contribution is 2.28. The van der Waals surface area contributed by atoms with Crippen molar-refractivity contribution in [2.45, 2.75) is 18.9 Å². The molecule has 0 atom stereocenters. The molecule has 0 bridgehead atoms. The van der Waals surface area contributed by atoms with Crippen LogP contribution in [0.1, 0.15) is 29.0 Å². The number of hydrogen-bond acceptors (Lipinski definition) is 3. The molecule has 1 N–H and O–H groups in total. The van der Waals surface area contributed by atoms with Gasteiger partial charge in [-0.1, -0.05) is 78.9 Å². The standard InChI is InChI=1S/C30H28N4/c1-4-10-24(11-5-1)29(25-12-6-2-7-13-25)18-21-32-22-27-23-34(28-14-8-3-9-15-28)33-30(27)26-16-19-31-20-17-26/h1-17,19-20,23,29,32H,18,21-22H2. The van der Waals surface area contributed by atoms with Crippen molar-refractivity contribution in [1.29, 1.82) is 0 Å². The Balaban J connectivity index is 1.33. The lowest BCUT2D eigenvalue weighted by atomic mass is 9.88. The van der Waals surface area contributed by atoms with Gasteiger partial charge >= 0.3 is 0 Å². The average molecular weight is 445 g/mol. The zero-order chi connectivity index (χ0) is 23.0. The van der Waals surface area contributed by atoms with Crippen LogP contribution >= 0.6 is 0 Å². The Morgan fingerprint density at radius 3 is 1.91 bits per heavy atom. The van der Waals surface area contributed by atoms with Gasteiger partial charge in [0.1, 0.15) is 0 Å². The van der Waals surface area contributed by atoms with Crippen molar-refractivity contribution in [3.05, 3.63) is 138 Å². The summed E-state index contributed by atoms with van der Waals surface area (Å²) < 4.78 is 1.96. The first-order valence-electron chi connectivity index (χ1n) is 11.7. The molecule has 0 saturated carbocycles. The summed E-state index contributed by atoms with van der Waals surface area (Å²) in [6.07, 6.45) is 6.78. The Morgan fingerprint density at radius 2 is 1.29 bits per heavy atom. The number of rotatable bonds is 9. The second-order valence-electron chi connectivity index (χ2n) is 8.36. The van der Waals surface area contributed by atoms with Gasteiger partial charge in [0.05, 0.1) is 11.4 Å². The van der Waals surface area contributed by atoms with Gasteiger partial charge in [-0.05, 0) is 48.4 Å². The first kappa shape index (κ1) is 21.8. The van der Waals surface area contributed by atoms with Crippen molar-refractivity contribution >= 4 is 0 Å². The van der Waals surface area contributed by atoms with Crippen molar-refractivity contribution in [3.8, 4) is 16.9 Å². The Labute approximate surface area is 200 Å². The first-order valence-corrected chi connectivity index (χ1v) is 11.7. The third-order valence-corrected chi connectivity index (χ3v) is 6.09. The van der Waals surface area contributed by atoms with Crippen LogP contribution in [0.15, 0.2) is 122 Å². The lowest BCUT2D eigenvalue weighted by Gasteiger charge is -2.18. The zero-order valence-corrected chi connectivity index (χ0v) is 19.1. The van der Waals surface area contributed by atoms with E-state index in [1.54, 1.807) is 0 Å². The SMILES string of the molecule is c1ccc(C(CCNCc2cn(-c3ccccc3)nc2-c2ccncc2)c2ccccc2)cc1. The summed E-state index contributed by atoms with van der Waals surface area (Å²) in [4.78, 5) is 4.17. The molecular formula is C30H28N4. The van der Waals surface area contributed by atoms with Crippen LogP contribution in [-0.2, 0) is 6.54 Å². The van der Waals surface area contributed by atoms with Crippen molar-refractivity contribution in [2.24, 2.45) is 0 Å². The molecule has 0 aliphatic heterocycles. The molecule has 2 aromatic heterocycles. The van der Waals surface area contributed by atoms with E-state index in [9.17, 15) is 0 Å². The maximum Gasteiger partial charge on any atom is 0.0973 e. The molecule has 0 unspecified atom stereocenters. The minimum Gasteiger partial charge on any atom is -0.313 e. The van der Waals surface area contributed by atoms with E-state index in [-0.39, 0.29) is 0 Å². The van der Waals surface area contributed by atoms with E-state index in [4.69, 9.17) is 5.10 Å². The fourth-order valence-corrected chi connectivity index (χ4v) is 4.37. The summed E-state index contributed by atoms with van der Waals surface area (Å²) in [5, 5.41) is 8.59. The summed E-state index contributed by atoms with van der Waals surface area (Å²) >= 11 is 0. The number of aromatic nitrogens is 3. The quantitative estimate of drug-likeness (QED) is 0.273. The fraction of sp³-hybridized carbons (Fsp3) is 0.133. The van der Waals surface area contributed by atoms with Crippen LogP contribution in [0.5, 0.6) is 0 Å². The molecule has 0 aliphatic rings. The minimum absolute atomic E-state index is 0.363. The molecule has 168 valence electrons. The summed E-state index contributed by atoms with van der Waals surface area (Å²) in [5.41, 5.74) is 6.99. The van der Waals surface area contributed by atoms with E-state index in [1.165, 1.54) is 16.7 Å². The second-order valence-corrected chi connectivity index (χ2v) is 8.36. The largest absolute Gasteiger partial charge is 0.313 e. The number of para-hydroxylation sites is 1. The van der Waals surface area contributed by atoms with E-state index in [0.29, 0.717) is 5.92 Å². The molecule has 0 fully saturated rings. The Morgan fingerprint density at radius 1 is 0.706 bits per heavy atom. The molecule has 0 spiro atoms. The molecule has 5 aromatic rings. The molecule has 4 nitrogen and oxygen atoms in total. The van der Waals surface area contributed by atoms with Gasteiger partial charge in [-0.25, -0.2) is 4.68 Å². The van der Waals surface area contributed by atoms with E-state index in [2.05, 4.69) is 89.3 Å². The summed E-state index contributed by atoms with van der Waals surface area (Å²) in [7, 11) is 0. The zero-order valence-electron chi connectivity index (χ0n) is 19.1. The second kappa shape index (κ2) is 10.7. The van der Waals surface area contributed by atoms with E-state index in [0.717, 1.165) is 36.5 Å². The van der Waals surface area contributed by atoms with Crippen molar-refractivity contribution in [1.82, 2.24) is 20.1 Å². The molecule has 0 aliphatic carbocycles. The lowest BCUT2D eigenvalue weighted by molar-refractivity contribution is 0.612. The van der Waals surface area contributed by atoms with Crippen molar-refractivity contribution < 1.29 is 0 Å². The predicted molar refractivity (Wildman–Crippen MR) is 138 cm³/mol. The number of hydrogen-bond donors (Lipinski definition) is 1.